The van der Waals surface area contributed by atoms with E-state index in [1.165, 1.54) is 19.2 Å². The molecule has 0 saturated carbocycles. The third-order valence-electron chi connectivity index (χ3n) is 3.70. The average Bonchev–Trinajstić information content (AvgIpc) is 2.99. The maximum absolute atomic E-state index is 12.2. The van der Waals surface area contributed by atoms with Gasteiger partial charge < -0.3 is 24.8 Å². The molecule has 0 saturated heterocycles. The van der Waals surface area contributed by atoms with Gasteiger partial charge in [-0.15, -0.1) is 0 Å². The molecule has 0 bridgehead atoms. The van der Waals surface area contributed by atoms with Crippen LogP contribution in [0.2, 0.25) is 0 Å². The van der Waals surface area contributed by atoms with Crippen molar-refractivity contribution in [2.75, 3.05) is 13.9 Å². The molecule has 1 aromatic rings. The number of carbonyl (C=O) groups is 1. The summed E-state index contributed by atoms with van der Waals surface area (Å²) in [5.74, 6) is 0.0259. The second-order valence-corrected chi connectivity index (χ2v) is 5.49. The normalized spacial score (nSPS) is 18.8. The van der Waals surface area contributed by atoms with Crippen LogP contribution in [-0.4, -0.2) is 29.9 Å². The molecule has 2 heterocycles. The van der Waals surface area contributed by atoms with Crippen molar-refractivity contribution in [2.24, 2.45) is 0 Å². The lowest BCUT2D eigenvalue weighted by Gasteiger charge is -2.29. The van der Waals surface area contributed by atoms with Crippen LogP contribution in [0.5, 0.6) is 11.5 Å². The van der Waals surface area contributed by atoms with Gasteiger partial charge in [0.2, 0.25) is 6.79 Å². The van der Waals surface area contributed by atoms with E-state index in [0.717, 1.165) is 0 Å². The van der Waals surface area contributed by atoms with Gasteiger partial charge in [0.25, 0.3) is 5.69 Å². The number of benzene rings is 1. The second kappa shape index (κ2) is 5.96. The monoisotopic (exact) mass is 351 g/mol. The first-order chi connectivity index (χ1) is 11.4. The van der Waals surface area contributed by atoms with Crippen LogP contribution in [0.4, 0.5) is 5.69 Å². The Bertz CT molecular complexity index is 791. The van der Waals surface area contributed by atoms with Crippen LogP contribution in [0, 0.1) is 10.1 Å². The van der Waals surface area contributed by atoms with E-state index in [1.807, 2.05) is 0 Å². The zero-order valence-corrected chi connectivity index (χ0v) is 13.6. The molecular weight excluding hydrogens is 338 g/mol. The van der Waals surface area contributed by atoms with E-state index in [1.54, 1.807) is 6.92 Å². The molecule has 0 fully saturated rings. The fourth-order valence-corrected chi connectivity index (χ4v) is 2.91. The largest absolute Gasteiger partial charge is 0.466 e. The smallest absolute Gasteiger partial charge is 0.337 e. The molecule has 9 nitrogen and oxygen atoms in total. The van der Waals surface area contributed by atoms with Crippen LogP contribution in [0.25, 0.3) is 0 Å². The number of nitrogens with one attached hydrogen (secondary N) is 2. The summed E-state index contributed by atoms with van der Waals surface area (Å²) in [6, 6.07) is 1.90. The number of hydrogen-bond acceptors (Lipinski definition) is 7. The van der Waals surface area contributed by atoms with Gasteiger partial charge in [0.05, 0.1) is 35.3 Å². The summed E-state index contributed by atoms with van der Waals surface area (Å²) < 4.78 is 15.3. The van der Waals surface area contributed by atoms with E-state index in [-0.39, 0.29) is 34.5 Å². The lowest BCUT2D eigenvalue weighted by atomic mass is 9.94. The van der Waals surface area contributed by atoms with E-state index in [0.29, 0.717) is 11.4 Å². The van der Waals surface area contributed by atoms with Crippen molar-refractivity contribution in [1.29, 1.82) is 0 Å². The molecule has 2 aliphatic rings. The standard InChI is InChI=1S/C14H13N3O6S/c1-6-11(13(18)21-2)12(16-14(24)15-6)7-3-9-10(23-5-22-9)4-8(7)17(19)20/h3-4,12H,5H2,1-2H3,(H2,15,16,24)/t12-/m0/s1. The number of methoxy groups -OCH3 is 1. The van der Waals surface area contributed by atoms with Gasteiger partial charge in [-0.1, -0.05) is 0 Å². The van der Waals surface area contributed by atoms with E-state index >= 15 is 0 Å². The zero-order valence-electron chi connectivity index (χ0n) is 12.7. The highest BCUT2D eigenvalue weighted by Crippen LogP contribution is 2.42. The summed E-state index contributed by atoms with van der Waals surface area (Å²) in [5.41, 5.74) is 0.680. The van der Waals surface area contributed by atoms with E-state index in [9.17, 15) is 14.9 Å². The molecule has 2 aliphatic heterocycles. The molecule has 0 radical (unpaired) electrons. The zero-order chi connectivity index (χ0) is 17.4. The maximum Gasteiger partial charge on any atom is 0.337 e. The van der Waals surface area contributed by atoms with Gasteiger partial charge in [-0.25, -0.2) is 4.79 Å². The molecule has 1 atom stereocenters. The number of carbonyl (C=O) groups excluding carboxylic acids is 1. The predicted molar refractivity (Wildman–Crippen MR) is 85.5 cm³/mol. The Morgan fingerprint density at radius 2 is 2.08 bits per heavy atom. The lowest BCUT2D eigenvalue weighted by Crippen LogP contribution is -2.45. The average molecular weight is 351 g/mol. The van der Waals surface area contributed by atoms with Gasteiger partial charge in [0.15, 0.2) is 16.6 Å². The second-order valence-electron chi connectivity index (χ2n) is 5.08. The Kier molecular flexibility index (Phi) is 3.97. The van der Waals surface area contributed by atoms with Crippen LogP contribution in [0.3, 0.4) is 0 Å². The van der Waals surface area contributed by atoms with Gasteiger partial charge in [-0.3, -0.25) is 10.1 Å². The number of esters is 1. The molecule has 1 aromatic carbocycles. The number of ether oxygens (including phenoxy) is 3. The first-order valence-electron chi connectivity index (χ1n) is 6.87. The number of hydrogen-bond donors (Lipinski definition) is 2. The molecule has 0 aromatic heterocycles. The van der Waals surface area contributed by atoms with Crippen LogP contribution in [-0.2, 0) is 9.53 Å². The van der Waals surface area contributed by atoms with Crippen LogP contribution in [0.1, 0.15) is 18.5 Å². The maximum atomic E-state index is 12.2. The minimum absolute atomic E-state index is 0.0211. The van der Waals surface area contributed by atoms with E-state index < -0.39 is 16.9 Å². The van der Waals surface area contributed by atoms with Crippen molar-refractivity contribution >= 4 is 29.0 Å². The molecule has 2 N–H and O–H groups in total. The number of rotatable bonds is 3. The highest BCUT2D eigenvalue weighted by Gasteiger charge is 2.36. The molecule has 0 unspecified atom stereocenters. The Hall–Kier alpha value is -2.88. The number of nitrogens with zero attached hydrogens (tertiary/aromatic N) is 1. The summed E-state index contributed by atoms with van der Waals surface area (Å²) in [6.07, 6.45) is 0. The van der Waals surface area contributed by atoms with Gasteiger partial charge in [-0.2, -0.15) is 0 Å². The molecule has 0 amide bonds. The SMILES string of the molecule is COC(=O)C1=C(C)NC(=S)N[C@H]1c1cc2c(cc1[N+](=O)[O-])OCO2. The molecule has 0 aliphatic carbocycles. The Morgan fingerprint density at radius 3 is 2.71 bits per heavy atom. The fraction of sp³-hybridized carbons (Fsp3) is 0.286. The Labute approximate surface area is 141 Å². The number of thiocarbonyl (C=S) groups is 1. The van der Waals surface area contributed by atoms with E-state index in [4.69, 9.17) is 26.4 Å². The fourth-order valence-electron chi connectivity index (χ4n) is 2.64. The van der Waals surface area contributed by atoms with Gasteiger partial charge in [0.1, 0.15) is 0 Å². The summed E-state index contributed by atoms with van der Waals surface area (Å²) >= 11 is 5.11. The molecule has 3 rings (SSSR count). The third kappa shape index (κ3) is 2.60. The van der Waals surface area contributed by atoms with Crippen molar-refractivity contribution < 1.29 is 23.9 Å². The molecular formula is C14H13N3O6S. The van der Waals surface area contributed by atoms with Crippen molar-refractivity contribution in [3.8, 4) is 11.5 Å². The highest BCUT2D eigenvalue weighted by molar-refractivity contribution is 7.80. The summed E-state index contributed by atoms with van der Waals surface area (Å²) in [5, 5.41) is 17.4. The van der Waals surface area contributed by atoms with Crippen molar-refractivity contribution in [1.82, 2.24) is 10.6 Å². The predicted octanol–water partition coefficient (Wildman–Crippen LogP) is 1.29. The minimum atomic E-state index is -0.846. The quantitative estimate of drug-likeness (QED) is 0.360. The van der Waals surface area contributed by atoms with Crippen LogP contribution in [0.15, 0.2) is 23.4 Å². The number of nitro groups is 1. The molecule has 10 heteroatoms. The number of fused-ring (bicyclic) bond motifs is 1. The first-order valence-corrected chi connectivity index (χ1v) is 7.27. The number of allylic oxidation sites excluding steroid dienone is 1. The molecule has 24 heavy (non-hydrogen) atoms. The first kappa shape index (κ1) is 16.0. The Balaban J connectivity index is 2.19. The van der Waals surface area contributed by atoms with Crippen molar-refractivity contribution in [3.63, 3.8) is 0 Å². The minimum Gasteiger partial charge on any atom is -0.466 e. The summed E-state index contributed by atoms with van der Waals surface area (Å²) in [4.78, 5) is 23.1. The van der Waals surface area contributed by atoms with Gasteiger partial charge >= 0.3 is 5.97 Å². The van der Waals surface area contributed by atoms with E-state index in [2.05, 4.69) is 10.6 Å². The topological polar surface area (TPSA) is 112 Å². The van der Waals surface area contributed by atoms with Crippen LogP contribution >= 0.6 is 12.2 Å². The van der Waals surface area contributed by atoms with Crippen LogP contribution < -0.4 is 20.1 Å². The third-order valence-corrected chi connectivity index (χ3v) is 3.92. The van der Waals surface area contributed by atoms with Gasteiger partial charge in [-0.05, 0) is 25.2 Å². The van der Waals surface area contributed by atoms with Crippen molar-refractivity contribution in [2.45, 2.75) is 13.0 Å². The lowest BCUT2D eigenvalue weighted by molar-refractivity contribution is -0.385. The molecule has 0 spiro atoms. The van der Waals surface area contributed by atoms with Crippen molar-refractivity contribution in [3.05, 3.63) is 39.1 Å². The highest BCUT2D eigenvalue weighted by atomic mass is 32.1. The van der Waals surface area contributed by atoms with Gasteiger partial charge in [0, 0.05) is 5.70 Å². The molecule has 126 valence electrons. The summed E-state index contributed by atoms with van der Waals surface area (Å²) in [7, 11) is 1.24. The summed E-state index contributed by atoms with van der Waals surface area (Å²) in [6.45, 7) is 1.62. The Morgan fingerprint density at radius 1 is 1.42 bits per heavy atom. The number of nitro benzene ring substituents is 1.